The molecule has 0 aliphatic carbocycles. The zero-order chi connectivity index (χ0) is 34.0. The number of allylic oxidation sites excluding steroid dienone is 1. The number of ether oxygens (including phenoxy) is 2. The second kappa shape index (κ2) is 15.8. The molecule has 2 amide bonds. The van der Waals surface area contributed by atoms with Crippen molar-refractivity contribution in [2.75, 3.05) is 6.61 Å². The summed E-state index contributed by atoms with van der Waals surface area (Å²) in [5.74, 6) is -1.09. The van der Waals surface area contributed by atoms with Crippen molar-refractivity contribution in [3.8, 4) is 0 Å². The molecule has 0 aliphatic heterocycles. The van der Waals surface area contributed by atoms with Crippen LogP contribution in [-0.4, -0.2) is 55.6 Å². The molecule has 0 saturated heterocycles. The fourth-order valence-electron chi connectivity index (χ4n) is 5.06. The summed E-state index contributed by atoms with van der Waals surface area (Å²) < 4.78 is 17.8. The number of thiazole rings is 1. The van der Waals surface area contributed by atoms with Crippen LogP contribution >= 0.6 is 11.3 Å². The average Bonchev–Trinajstić information content (AvgIpc) is 3.56. The zero-order valence-electron chi connectivity index (χ0n) is 27.5. The van der Waals surface area contributed by atoms with E-state index in [1.165, 1.54) is 11.3 Å². The molecule has 1 aromatic heterocycles. The van der Waals surface area contributed by atoms with Crippen LogP contribution in [0.5, 0.6) is 0 Å². The van der Waals surface area contributed by atoms with E-state index in [1.807, 2.05) is 91.0 Å². The van der Waals surface area contributed by atoms with Gasteiger partial charge in [-0.25, -0.2) is 14.6 Å². The SMILES string of the molecule is C/C=C(\NC(=O)[C@@H](NC(=O)OC(C)(C)C)[C@@H](C)O[Si](c1ccccc1)(c1ccccc1)c1ccccc1)c1nc(C(=O)OCC)cs1. The Hall–Kier alpha value is -4.58. The number of hydrogen-bond donors (Lipinski definition) is 2. The number of nitrogens with one attached hydrogen (secondary N) is 2. The summed E-state index contributed by atoms with van der Waals surface area (Å²) in [7, 11) is -3.27. The first-order valence-electron chi connectivity index (χ1n) is 15.4. The molecule has 0 radical (unpaired) electrons. The molecule has 2 N–H and O–H groups in total. The molecular weight excluding hydrogens is 631 g/mol. The third-order valence-electron chi connectivity index (χ3n) is 7.09. The number of nitrogens with zero attached hydrogens (tertiary/aromatic N) is 1. The number of aromatic nitrogens is 1. The van der Waals surface area contributed by atoms with Gasteiger partial charge in [-0.3, -0.25) is 4.79 Å². The van der Waals surface area contributed by atoms with Gasteiger partial charge in [0.05, 0.1) is 18.4 Å². The normalized spacial score (nSPS) is 13.3. The first-order valence-corrected chi connectivity index (χ1v) is 18.2. The summed E-state index contributed by atoms with van der Waals surface area (Å²) in [6, 6.07) is 28.7. The maximum atomic E-state index is 14.2. The van der Waals surface area contributed by atoms with E-state index in [0.29, 0.717) is 10.7 Å². The number of esters is 1. The van der Waals surface area contributed by atoms with E-state index < -0.39 is 44.0 Å². The predicted octanol–water partition coefficient (Wildman–Crippen LogP) is 4.76. The van der Waals surface area contributed by atoms with Crippen LogP contribution in [0.1, 0.15) is 57.0 Å². The monoisotopic (exact) mass is 671 g/mol. The van der Waals surface area contributed by atoms with Crippen LogP contribution in [0.3, 0.4) is 0 Å². The van der Waals surface area contributed by atoms with Crippen molar-refractivity contribution in [2.24, 2.45) is 0 Å². The highest BCUT2D eigenvalue weighted by Gasteiger charge is 2.45. The topological polar surface area (TPSA) is 116 Å². The Balaban J connectivity index is 1.76. The quantitative estimate of drug-likeness (QED) is 0.127. The molecule has 0 unspecified atom stereocenters. The second-order valence-electron chi connectivity index (χ2n) is 11.7. The Morgan fingerprint density at radius 1 is 0.894 bits per heavy atom. The minimum absolute atomic E-state index is 0.143. The van der Waals surface area contributed by atoms with E-state index in [1.54, 1.807) is 53.0 Å². The third kappa shape index (κ3) is 8.82. The van der Waals surface area contributed by atoms with Gasteiger partial charge in [0.1, 0.15) is 16.7 Å². The molecule has 0 aliphatic rings. The van der Waals surface area contributed by atoms with Crippen LogP contribution in [0.4, 0.5) is 4.79 Å². The summed E-state index contributed by atoms with van der Waals surface area (Å²) in [5, 5.41) is 10.6. The Morgan fingerprint density at radius 2 is 1.40 bits per heavy atom. The number of hydrogen-bond acceptors (Lipinski definition) is 8. The van der Waals surface area contributed by atoms with Crippen LogP contribution in [0.15, 0.2) is 102 Å². The van der Waals surface area contributed by atoms with Gasteiger partial charge < -0.3 is 24.5 Å². The Kier molecular flexibility index (Phi) is 11.9. The van der Waals surface area contributed by atoms with Gasteiger partial charge >= 0.3 is 12.1 Å². The molecule has 0 spiro atoms. The molecule has 0 saturated carbocycles. The van der Waals surface area contributed by atoms with Crippen LogP contribution in [0, 0.1) is 0 Å². The number of alkyl carbamates (subject to hydrolysis) is 1. The van der Waals surface area contributed by atoms with Gasteiger partial charge in [0.2, 0.25) is 5.91 Å². The minimum Gasteiger partial charge on any atom is -0.461 e. The Labute approximate surface area is 281 Å². The lowest BCUT2D eigenvalue weighted by Crippen LogP contribution is -2.72. The van der Waals surface area contributed by atoms with Crippen LogP contribution in [0.2, 0.25) is 0 Å². The lowest BCUT2D eigenvalue weighted by Gasteiger charge is -2.38. The summed E-state index contributed by atoms with van der Waals surface area (Å²) in [5.41, 5.74) is -0.286. The van der Waals surface area contributed by atoms with Crippen molar-refractivity contribution < 1.29 is 28.3 Å². The van der Waals surface area contributed by atoms with Crippen LogP contribution in [-0.2, 0) is 18.7 Å². The lowest BCUT2D eigenvalue weighted by atomic mass is 10.1. The summed E-state index contributed by atoms with van der Waals surface area (Å²) in [6.45, 7) is 10.7. The van der Waals surface area contributed by atoms with Gasteiger partial charge in [0, 0.05) is 5.38 Å². The van der Waals surface area contributed by atoms with E-state index in [-0.39, 0.29) is 12.3 Å². The molecule has 4 rings (SSSR count). The second-order valence-corrected chi connectivity index (χ2v) is 15.9. The smallest absolute Gasteiger partial charge is 0.408 e. The average molecular weight is 672 g/mol. The van der Waals surface area contributed by atoms with Crippen molar-refractivity contribution in [1.82, 2.24) is 15.6 Å². The maximum absolute atomic E-state index is 14.2. The highest BCUT2D eigenvalue weighted by Crippen LogP contribution is 2.20. The largest absolute Gasteiger partial charge is 0.461 e. The summed E-state index contributed by atoms with van der Waals surface area (Å²) in [4.78, 5) is 44.0. The molecule has 1 heterocycles. The van der Waals surface area contributed by atoms with E-state index >= 15 is 0 Å². The molecule has 3 aromatic carbocycles. The maximum Gasteiger partial charge on any atom is 0.408 e. The van der Waals surface area contributed by atoms with Crippen molar-refractivity contribution in [3.05, 3.63) is 113 Å². The zero-order valence-corrected chi connectivity index (χ0v) is 29.3. The van der Waals surface area contributed by atoms with E-state index in [4.69, 9.17) is 13.9 Å². The molecule has 9 nitrogen and oxygen atoms in total. The molecule has 0 fully saturated rings. The Bertz CT molecular complexity index is 1580. The van der Waals surface area contributed by atoms with E-state index in [9.17, 15) is 14.4 Å². The number of rotatable bonds is 12. The van der Waals surface area contributed by atoms with Gasteiger partial charge in [-0.15, -0.1) is 11.3 Å². The molecule has 4 aromatic rings. The predicted molar refractivity (Wildman–Crippen MR) is 188 cm³/mol. The van der Waals surface area contributed by atoms with Crippen LogP contribution in [0.25, 0.3) is 5.70 Å². The van der Waals surface area contributed by atoms with Crippen molar-refractivity contribution in [3.63, 3.8) is 0 Å². The van der Waals surface area contributed by atoms with E-state index in [2.05, 4.69) is 15.6 Å². The molecule has 2 atom stereocenters. The van der Waals surface area contributed by atoms with Gasteiger partial charge in [-0.05, 0) is 57.1 Å². The van der Waals surface area contributed by atoms with E-state index in [0.717, 1.165) is 15.6 Å². The van der Waals surface area contributed by atoms with Crippen molar-refractivity contribution in [2.45, 2.75) is 59.3 Å². The highest BCUT2D eigenvalue weighted by molar-refractivity contribution is 7.11. The van der Waals surface area contributed by atoms with Gasteiger partial charge in [0.25, 0.3) is 8.32 Å². The molecule has 47 heavy (non-hydrogen) atoms. The highest BCUT2D eigenvalue weighted by atomic mass is 32.1. The molecule has 0 bridgehead atoms. The number of amides is 2. The molecule has 11 heteroatoms. The van der Waals surface area contributed by atoms with Crippen molar-refractivity contribution >= 4 is 58.9 Å². The number of benzene rings is 3. The minimum atomic E-state index is -3.27. The molecular formula is C36H41N3O6SSi. The molecule has 246 valence electrons. The first kappa shape index (κ1) is 35.3. The number of carbonyl (C=O) groups is 3. The fraction of sp³-hybridized carbons (Fsp3) is 0.278. The number of carbonyl (C=O) groups excluding carboxylic acids is 3. The third-order valence-corrected chi connectivity index (χ3v) is 12.1. The first-order chi connectivity index (χ1) is 22.5. The van der Waals surface area contributed by atoms with Gasteiger partial charge in [0.15, 0.2) is 5.69 Å². The lowest BCUT2D eigenvalue weighted by molar-refractivity contribution is -0.124. The summed E-state index contributed by atoms with van der Waals surface area (Å²) >= 11 is 1.19. The Morgan fingerprint density at radius 3 is 1.85 bits per heavy atom. The summed E-state index contributed by atoms with van der Waals surface area (Å²) in [6.07, 6.45) is 0.0678. The van der Waals surface area contributed by atoms with Crippen molar-refractivity contribution in [1.29, 1.82) is 0 Å². The standard InChI is InChI=1S/C36H41N3O6SSi/c1-7-29(33-38-30(24-46-33)34(41)43-8-2)37-32(40)31(39-35(42)44-36(4,5)6)25(3)45-47(26-18-12-9-13-19-26,27-20-14-10-15-21-27)28-22-16-11-17-23-28/h7,9-25,31H,8H2,1-6H3,(H,37,40)(H,39,42)/b29-7-/t25-,31+/m1/s1. The van der Waals surface area contributed by atoms with Gasteiger partial charge in [-0.1, -0.05) is 97.1 Å². The fourth-order valence-corrected chi connectivity index (χ4v) is 9.96. The van der Waals surface area contributed by atoms with Crippen LogP contribution < -0.4 is 26.2 Å². The van der Waals surface area contributed by atoms with Gasteiger partial charge in [-0.2, -0.15) is 0 Å².